The lowest BCUT2D eigenvalue weighted by atomic mass is 10.0. The summed E-state index contributed by atoms with van der Waals surface area (Å²) in [7, 11) is -5.82. The van der Waals surface area contributed by atoms with Gasteiger partial charge in [0.25, 0.3) is 0 Å². The van der Waals surface area contributed by atoms with Crippen LogP contribution in [0, 0.1) is 0 Å². The molecule has 14 aromatic carbocycles. The van der Waals surface area contributed by atoms with Crippen molar-refractivity contribution >= 4 is 123 Å². The maximum Gasteiger partial charge on any atom is 0.179 e. The second kappa shape index (κ2) is 21.4. The molecule has 0 aliphatic carbocycles. The van der Waals surface area contributed by atoms with Crippen LogP contribution >= 0.6 is 0 Å². The zero-order valence-electron chi connectivity index (χ0n) is 48.9. The van der Waals surface area contributed by atoms with Gasteiger partial charge in [-0.2, -0.15) is 0 Å². The molecule has 3 heterocycles. The van der Waals surface area contributed by atoms with E-state index in [9.17, 15) is 0 Å². The van der Waals surface area contributed by atoms with Gasteiger partial charge < -0.3 is 13.7 Å². The minimum atomic E-state index is -3.00. The Morgan fingerprint density at radius 2 is 0.539 bits per heavy atom. The first-order valence-electron chi connectivity index (χ1n) is 30.8. The Morgan fingerprint density at radius 3 is 1.08 bits per heavy atom. The van der Waals surface area contributed by atoms with Gasteiger partial charge in [-0.1, -0.05) is 291 Å². The molecule has 0 aliphatic heterocycles. The minimum absolute atomic E-state index is 1.10. The largest absolute Gasteiger partial charge is 0.309 e. The van der Waals surface area contributed by atoms with E-state index in [1.165, 1.54) is 101 Å². The third-order valence-corrected chi connectivity index (χ3v) is 28.4. The zero-order valence-corrected chi connectivity index (χ0v) is 50.9. The molecule has 0 saturated carbocycles. The number of rotatable bonds is 12. The van der Waals surface area contributed by atoms with E-state index in [1.807, 2.05) is 0 Å². The summed E-state index contributed by atoms with van der Waals surface area (Å²) in [4.78, 5) is 0. The van der Waals surface area contributed by atoms with Gasteiger partial charge in [-0.25, -0.2) is 0 Å². The van der Waals surface area contributed by atoms with Crippen LogP contribution in [-0.4, -0.2) is 29.8 Å². The Labute approximate surface area is 519 Å². The van der Waals surface area contributed by atoms with Crippen LogP contribution in [0.5, 0.6) is 0 Å². The maximum atomic E-state index is 2.60. The average Bonchev–Trinajstić information content (AvgIpc) is 1.60. The monoisotopic (exact) mass is 1170 g/mol. The average molecular weight is 1170 g/mol. The second-order valence-corrected chi connectivity index (χ2v) is 31.1. The molecule has 0 radical (unpaired) electrons. The van der Waals surface area contributed by atoms with E-state index in [1.54, 1.807) is 0 Å². The molecule has 0 bridgehead atoms. The van der Waals surface area contributed by atoms with Crippen molar-refractivity contribution < 1.29 is 0 Å². The Morgan fingerprint density at radius 1 is 0.180 bits per heavy atom. The zero-order chi connectivity index (χ0) is 58.9. The molecule has 89 heavy (non-hydrogen) atoms. The summed E-state index contributed by atoms with van der Waals surface area (Å²) in [6, 6.07) is 135. The van der Waals surface area contributed by atoms with E-state index in [2.05, 4.69) is 372 Å². The quantitative estimate of drug-likeness (QED) is 0.0855. The van der Waals surface area contributed by atoms with E-state index in [4.69, 9.17) is 0 Å². The summed E-state index contributed by atoms with van der Waals surface area (Å²) in [6.45, 7) is 0. The third kappa shape index (κ3) is 8.17. The van der Waals surface area contributed by atoms with E-state index >= 15 is 0 Å². The first-order chi connectivity index (χ1) is 44.2. The van der Waals surface area contributed by atoms with Crippen molar-refractivity contribution in [3.05, 3.63) is 358 Å². The highest BCUT2D eigenvalue weighted by Gasteiger charge is 2.43. The predicted octanol–water partition coefficient (Wildman–Crippen LogP) is 15.4. The molecule has 17 rings (SSSR count). The van der Waals surface area contributed by atoms with Crippen molar-refractivity contribution in [3.8, 4) is 28.2 Å². The van der Waals surface area contributed by atoms with Crippen LogP contribution in [0.25, 0.3) is 93.6 Å². The van der Waals surface area contributed by atoms with Crippen LogP contribution in [0.4, 0.5) is 0 Å². The summed E-state index contributed by atoms with van der Waals surface area (Å²) in [5.74, 6) is 0. The van der Waals surface area contributed by atoms with Gasteiger partial charge in [-0.15, -0.1) is 0 Å². The normalized spacial score (nSPS) is 12.0. The summed E-state index contributed by atoms with van der Waals surface area (Å²) >= 11 is 0. The van der Waals surface area contributed by atoms with Crippen LogP contribution in [0.1, 0.15) is 0 Å². The van der Waals surface area contributed by atoms with Crippen LogP contribution in [0.15, 0.2) is 358 Å². The van der Waals surface area contributed by atoms with Gasteiger partial charge >= 0.3 is 0 Å². The molecule has 0 fully saturated rings. The molecule has 0 unspecified atom stereocenters. The van der Waals surface area contributed by atoms with Gasteiger partial charge in [0, 0.05) is 49.4 Å². The fourth-order valence-corrected chi connectivity index (χ4v) is 24.7. The highest BCUT2D eigenvalue weighted by Crippen LogP contribution is 2.44. The molecule has 5 heteroatoms. The van der Waals surface area contributed by atoms with E-state index in [-0.39, 0.29) is 0 Å². The second-order valence-electron chi connectivity index (χ2n) is 23.5. The number of benzene rings is 14. The fraction of sp³-hybridized carbons (Fsp3) is 0. The summed E-state index contributed by atoms with van der Waals surface area (Å²) in [5.41, 5.74) is 12.7. The smallest absolute Gasteiger partial charge is 0.179 e. The SMILES string of the molecule is c1ccc(-n2c3ccccc3c3cc(-n4c5ccccc5c5ccc6c(c7cc([Si](c8ccccc8)(c8ccccc8)c8ccccc8)ccc7n6-c6cccc(-c7cccc([Si](c8ccccc8)(c8ccccc8)c8ccccc8)c7)c6)c54)ccc32)cc1. The van der Waals surface area contributed by atoms with Crippen LogP contribution in [0.2, 0.25) is 0 Å². The van der Waals surface area contributed by atoms with E-state index in [0.29, 0.717) is 0 Å². The van der Waals surface area contributed by atoms with E-state index in [0.717, 1.165) is 33.7 Å². The molecular weight excluding hydrogens is 1110 g/mol. The van der Waals surface area contributed by atoms with Gasteiger partial charge in [0.1, 0.15) is 0 Å². The standard InChI is InChI=1S/C84H59N3Si2/c1-8-30-62(31-9-1)85-78-48-24-23-47-74(78)76-58-64(50-53-80(76)85)87-79-49-25-22-46-73(79)75-52-55-82-83(84(75)87)77-59-72(89(68-39-16-5-17-40-68,69-41-18-6-19-42-69)70-43-20-7-21-44-70)51-54-81(77)86(82)63-32-26-28-60(56-63)61-29-27-45-71(57-61)88(65-33-10-2-11-34-65,66-35-12-3-13-36-66)67-37-14-4-15-38-67/h1-59H. The number of fused-ring (bicyclic) bond motifs is 10. The molecule has 0 saturated heterocycles. The van der Waals surface area contributed by atoms with Crippen molar-refractivity contribution in [1.82, 2.24) is 13.7 Å². The van der Waals surface area contributed by atoms with Crippen molar-refractivity contribution in [1.29, 1.82) is 0 Å². The molecule has 0 spiro atoms. The van der Waals surface area contributed by atoms with Crippen LogP contribution < -0.4 is 41.5 Å². The maximum absolute atomic E-state index is 3.00. The lowest BCUT2D eigenvalue weighted by molar-refractivity contribution is 1.17. The Kier molecular flexibility index (Phi) is 12.6. The number of nitrogens with zero attached hydrogens (tertiary/aromatic N) is 3. The third-order valence-electron chi connectivity index (χ3n) is 18.9. The van der Waals surface area contributed by atoms with Gasteiger partial charge in [-0.3, -0.25) is 0 Å². The fourth-order valence-electron chi connectivity index (χ4n) is 15.2. The van der Waals surface area contributed by atoms with Gasteiger partial charge in [0.15, 0.2) is 16.1 Å². The van der Waals surface area contributed by atoms with Crippen molar-refractivity contribution in [2.24, 2.45) is 0 Å². The summed E-state index contributed by atoms with van der Waals surface area (Å²) < 4.78 is 7.53. The molecule has 17 aromatic rings. The summed E-state index contributed by atoms with van der Waals surface area (Å²) in [5, 5.41) is 18.1. The number of hydrogen-bond acceptors (Lipinski definition) is 0. The molecule has 3 nitrogen and oxygen atoms in total. The predicted molar refractivity (Wildman–Crippen MR) is 382 cm³/mol. The first-order valence-corrected chi connectivity index (χ1v) is 34.8. The van der Waals surface area contributed by atoms with E-state index < -0.39 is 16.1 Å². The molecule has 3 aromatic heterocycles. The van der Waals surface area contributed by atoms with Crippen molar-refractivity contribution in [3.63, 3.8) is 0 Å². The first kappa shape index (κ1) is 52.3. The highest BCUT2D eigenvalue weighted by molar-refractivity contribution is 7.20. The van der Waals surface area contributed by atoms with Crippen LogP contribution in [-0.2, 0) is 0 Å². The van der Waals surface area contributed by atoms with Gasteiger partial charge in [0.2, 0.25) is 0 Å². The van der Waals surface area contributed by atoms with Crippen molar-refractivity contribution in [2.75, 3.05) is 0 Å². The van der Waals surface area contributed by atoms with Crippen LogP contribution in [0.3, 0.4) is 0 Å². The Bertz CT molecular complexity index is 5270. The lowest BCUT2D eigenvalue weighted by Gasteiger charge is -2.34. The Hall–Kier alpha value is -11.1. The summed E-state index contributed by atoms with van der Waals surface area (Å²) in [6.07, 6.45) is 0. The van der Waals surface area contributed by atoms with Crippen molar-refractivity contribution in [2.45, 2.75) is 0 Å². The molecule has 0 N–H and O–H groups in total. The molecule has 0 amide bonds. The highest BCUT2D eigenvalue weighted by atomic mass is 28.3. The van der Waals surface area contributed by atoms with Gasteiger partial charge in [0.05, 0.1) is 33.1 Å². The topological polar surface area (TPSA) is 14.8 Å². The Balaban J connectivity index is 0.952. The van der Waals surface area contributed by atoms with Gasteiger partial charge in [-0.05, 0) is 119 Å². The number of aromatic nitrogens is 3. The molecule has 418 valence electrons. The molecular formula is C84H59N3Si2. The number of hydrogen-bond donors (Lipinski definition) is 0. The number of para-hydroxylation sites is 3. The molecule has 0 atom stereocenters. The minimum Gasteiger partial charge on any atom is -0.309 e. The lowest BCUT2D eigenvalue weighted by Crippen LogP contribution is -2.74. The molecule has 0 aliphatic rings.